The average molecular weight is 526 g/mol. The number of fused-ring (bicyclic) bond motifs is 1. The number of carboxylic acid groups (broad SMARTS) is 1. The van der Waals surface area contributed by atoms with Crippen LogP contribution in [0.3, 0.4) is 0 Å². The second-order valence-electron chi connectivity index (χ2n) is 7.84. The number of thiol groups is 1. The third-order valence-corrected chi connectivity index (χ3v) is 6.34. The van der Waals surface area contributed by atoms with Crippen molar-refractivity contribution in [2.24, 2.45) is 5.73 Å². The van der Waals surface area contributed by atoms with Gasteiger partial charge in [-0.05, 0) is 30.1 Å². The number of aromatic amines is 1. The molecule has 4 unspecified atom stereocenters. The molecule has 0 bridgehead atoms. The fourth-order valence-electron chi connectivity index (χ4n) is 3.33. The van der Waals surface area contributed by atoms with Crippen LogP contribution >= 0.6 is 24.4 Å². The second kappa shape index (κ2) is 14.0. The number of para-hydroxylation sites is 1. The summed E-state index contributed by atoms with van der Waals surface area (Å²) < 4.78 is 0. The van der Waals surface area contributed by atoms with Crippen molar-refractivity contribution in [1.82, 2.24) is 20.9 Å². The smallest absolute Gasteiger partial charge is 0.328 e. The lowest BCUT2D eigenvalue weighted by molar-refractivity contribution is -0.143. The lowest BCUT2D eigenvalue weighted by atomic mass is 10.0. The van der Waals surface area contributed by atoms with E-state index >= 15 is 0 Å². The van der Waals surface area contributed by atoms with Gasteiger partial charge in [0.2, 0.25) is 17.7 Å². The number of benzene rings is 1. The third-order valence-electron chi connectivity index (χ3n) is 5.31. The molecule has 0 fully saturated rings. The summed E-state index contributed by atoms with van der Waals surface area (Å²) in [5.74, 6) is -2.72. The molecule has 2 rings (SSSR count). The Morgan fingerprint density at radius 2 is 1.69 bits per heavy atom. The van der Waals surface area contributed by atoms with Crippen LogP contribution in [0.15, 0.2) is 30.5 Å². The van der Waals surface area contributed by atoms with Crippen LogP contribution in [0.25, 0.3) is 10.9 Å². The number of carbonyl (C=O) groups excluding carboxylic acids is 3. The van der Waals surface area contributed by atoms with Crippen molar-refractivity contribution in [2.45, 2.75) is 37.0 Å². The highest BCUT2D eigenvalue weighted by Gasteiger charge is 2.30. The number of carboxylic acids is 1. The average Bonchev–Trinajstić information content (AvgIpc) is 3.26. The van der Waals surface area contributed by atoms with E-state index in [1.807, 2.05) is 30.5 Å². The molecule has 1 heterocycles. The maximum absolute atomic E-state index is 13.1. The van der Waals surface area contributed by atoms with Crippen molar-refractivity contribution < 1.29 is 29.4 Å². The first-order valence-corrected chi connectivity index (χ1v) is 12.9. The number of H-pyrrole nitrogens is 1. The normalized spacial score (nSPS) is 14.5. The Morgan fingerprint density at radius 1 is 1.06 bits per heavy atom. The molecule has 192 valence electrons. The van der Waals surface area contributed by atoms with Crippen LogP contribution in [-0.4, -0.2) is 87.4 Å². The summed E-state index contributed by atoms with van der Waals surface area (Å²) in [6.07, 6.45) is 3.88. The van der Waals surface area contributed by atoms with Gasteiger partial charge in [-0.1, -0.05) is 18.2 Å². The van der Waals surface area contributed by atoms with Gasteiger partial charge in [-0.25, -0.2) is 4.79 Å². The topological polar surface area (TPSA) is 187 Å². The highest BCUT2D eigenvalue weighted by molar-refractivity contribution is 7.98. The Balaban J connectivity index is 2.28. The number of carbonyl (C=O) groups is 4. The minimum Gasteiger partial charge on any atom is -0.480 e. The molecule has 3 amide bonds. The molecule has 1 aromatic carbocycles. The quantitative estimate of drug-likeness (QED) is 0.148. The molecule has 2 aromatic rings. The number of nitrogens with one attached hydrogen (secondary N) is 4. The van der Waals surface area contributed by atoms with Crippen LogP contribution in [0.2, 0.25) is 0 Å². The van der Waals surface area contributed by atoms with Crippen molar-refractivity contribution in [3.05, 3.63) is 36.0 Å². The van der Waals surface area contributed by atoms with Crippen molar-refractivity contribution in [3.63, 3.8) is 0 Å². The second-order valence-corrected chi connectivity index (χ2v) is 9.19. The molecule has 0 aliphatic heterocycles. The molecular weight excluding hydrogens is 494 g/mol. The van der Waals surface area contributed by atoms with E-state index in [1.165, 1.54) is 11.8 Å². The van der Waals surface area contributed by atoms with Gasteiger partial charge in [0.05, 0.1) is 12.6 Å². The predicted octanol–water partition coefficient (Wildman–Crippen LogP) is -0.748. The molecule has 8 N–H and O–H groups in total. The SMILES string of the molecule is CSCCC(NC(=O)C(N)CS)C(=O)NC(Cc1c[nH]c2ccccc12)C(=O)NC(CO)C(=O)O. The minimum atomic E-state index is -1.54. The van der Waals surface area contributed by atoms with Gasteiger partial charge in [0.15, 0.2) is 0 Å². The monoisotopic (exact) mass is 525 g/mol. The number of aliphatic hydroxyl groups excluding tert-OH is 1. The lowest BCUT2D eigenvalue weighted by Crippen LogP contribution is -2.58. The van der Waals surface area contributed by atoms with E-state index in [-0.39, 0.29) is 18.6 Å². The van der Waals surface area contributed by atoms with Gasteiger partial charge < -0.3 is 36.9 Å². The Morgan fingerprint density at radius 3 is 2.31 bits per heavy atom. The number of hydrogen-bond donors (Lipinski definition) is 8. The molecule has 0 spiro atoms. The van der Waals surface area contributed by atoms with Crippen LogP contribution in [0.1, 0.15) is 12.0 Å². The molecule has 0 radical (unpaired) electrons. The Bertz CT molecular complexity index is 1030. The zero-order chi connectivity index (χ0) is 26.0. The molecule has 4 atom stereocenters. The number of aliphatic hydroxyl groups is 1. The summed E-state index contributed by atoms with van der Waals surface area (Å²) >= 11 is 5.48. The van der Waals surface area contributed by atoms with E-state index in [9.17, 15) is 29.4 Å². The van der Waals surface area contributed by atoms with Gasteiger partial charge >= 0.3 is 5.97 Å². The fourth-order valence-corrected chi connectivity index (χ4v) is 3.96. The van der Waals surface area contributed by atoms with Gasteiger partial charge in [0, 0.05) is 29.3 Å². The first-order chi connectivity index (χ1) is 16.7. The maximum Gasteiger partial charge on any atom is 0.328 e. The molecule has 13 heteroatoms. The van der Waals surface area contributed by atoms with E-state index in [2.05, 4.69) is 33.6 Å². The number of rotatable bonds is 14. The number of amides is 3. The summed E-state index contributed by atoms with van der Waals surface area (Å²) in [5, 5.41) is 26.8. The number of aliphatic carboxylic acids is 1. The molecule has 0 aliphatic rings. The maximum atomic E-state index is 13.1. The van der Waals surface area contributed by atoms with E-state index < -0.39 is 54.5 Å². The van der Waals surface area contributed by atoms with Crippen LogP contribution in [0.5, 0.6) is 0 Å². The lowest BCUT2D eigenvalue weighted by Gasteiger charge is -2.25. The highest BCUT2D eigenvalue weighted by Crippen LogP contribution is 2.19. The van der Waals surface area contributed by atoms with Gasteiger partial charge in [-0.3, -0.25) is 14.4 Å². The summed E-state index contributed by atoms with van der Waals surface area (Å²) in [6.45, 7) is -0.817. The molecule has 11 nitrogen and oxygen atoms in total. The number of nitrogens with two attached hydrogens (primary N) is 1. The number of thioether (sulfide) groups is 1. The van der Waals surface area contributed by atoms with Crippen LogP contribution in [-0.2, 0) is 25.6 Å². The van der Waals surface area contributed by atoms with E-state index in [0.29, 0.717) is 5.75 Å². The third kappa shape index (κ3) is 8.16. The molecule has 1 aromatic heterocycles. The first kappa shape index (κ1) is 28.5. The zero-order valence-corrected chi connectivity index (χ0v) is 20.9. The van der Waals surface area contributed by atoms with Crippen LogP contribution in [0, 0.1) is 0 Å². The number of aromatic nitrogens is 1. The van der Waals surface area contributed by atoms with Crippen LogP contribution < -0.4 is 21.7 Å². The van der Waals surface area contributed by atoms with E-state index in [4.69, 9.17) is 5.73 Å². The number of hydrogen-bond acceptors (Lipinski definition) is 8. The molecule has 0 aliphatic carbocycles. The van der Waals surface area contributed by atoms with E-state index in [0.717, 1.165) is 16.5 Å². The van der Waals surface area contributed by atoms with E-state index in [1.54, 1.807) is 6.20 Å². The summed E-state index contributed by atoms with van der Waals surface area (Å²) in [4.78, 5) is 52.8. The zero-order valence-electron chi connectivity index (χ0n) is 19.2. The minimum absolute atomic E-state index is 0.0404. The molecule has 0 saturated carbocycles. The first-order valence-electron chi connectivity index (χ1n) is 10.9. The molecule has 35 heavy (non-hydrogen) atoms. The standard InChI is InChI=1S/C22H31N5O6S2/c1-35-7-6-16(25-19(29)14(23)11-34)20(30)26-17(21(31)27-18(10-28)22(32)33)8-12-9-24-15-5-3-2-4-13(12)15/h2-5,9,14,16-18,24,28,34H,6-8,10-11,23H2,1H3,(H,25,29)(H,26,30)(H,27,31)(H,32,33). The van der Waals surface area contributed by atoms with Crippen molar-refractivity contribution >= 4 is 59.0 Å². The van der Waals surface area contributed by atoms with Crippen molar-refractivity contribution in [1.29, 1.82) is 0 Å². The van der Waals surface area contributed by atoms with Gasteiger partial charge in [-0.15, -0.1) is 0 Å². The van der Waals surface area contributed by atoms with Gasteiger partial charge in [0.25, 0.3) is 0 Å². The Hall–Kier alpha value is -2.74. The van der Waals surface area contributed by atoms with Gasteiger partial charge in [-0.2, -0.15) is 24.4 Å². The summed E-state index contributed by atoms with van der Waals surface area (Å²) in [6, 6.07) is 2.80. The Labute approximate surface area is 212 Å². The fraction of sp³-hybridized carbons (Fsp3) is 0.455. The highest BCUT2D eigenvalue weighted by atomic mass is 32.2. The summed E-state index contributed by atoms with van der Waals surface area (Å²) in [5.41, 5.74) is 7.26. The van der Waals surface area contributed by atoms with Gasteiger partial charge in [0.1, 0.15) is 18.1 Å². The van der Waals surface area contributed by atoms with Crippen molar-refractivity contribution in [2.75, 3.05) is 24.4 Å². The Kier molecular flexibility index (Phi) is 11.4. The predicted molar refractivity (Wildman–Crippen MR) is 137 cm³/mol. The van der Waals surface area contributed by atoms with Crippen molar-refractivity contribution in [3.8, 4) is 0 Å². The summed E-state index contributed by atoms with van der Waals surface area (Å²) in [7, 11) is 0. The van der Waals surface area contributed by atoms with Crippen LogP contribution in [0.4, 0.5) is 0 Å². The largest absolute Gasteiger partial charge is 0.480 e. The molecular formula is C22H31N5O6S2. The molecule has 0 saturated heterocycles.